The molecule has 1 unspecified atom stereocenters. The zero-order chi connectivity index (χ0) is 11.7. The zero-order valence-electron chi connectivity index (χ0n) is 9.83. The second-order valence-electron chi connectivity index (χ2n) is 4.18. The molecule has 0 saturated carbocycles. The van der Waals surface area contributed by atoms with Crippen LogP contribution in [0.1, 0.15) is 41.4 Å². The van der Waals surface area contributed by atoms with Crippen molar-refractivity contribution in [1.82, 2.24) is 10.3 Å². The molecule has 1 aromatic heterocycles. The summed E-state index contributed by atoms with van der Waals surface area (Å²) in [7, 11) is 0. The van der Waals surface area contributed by atoms with E-state index in [1.807, 2.05) is 13.8 Å². The number of ketones is 1. The molecule has 0 saturated heterocycles. The standard InChI is InChI=1S/C12H16N2OS/c1-7-12(16-9(3)13-7)8(2)14-10-4-5-11(15)6-10/h6,8,14H,4-5H2,1-3H3. The lowest BCUT2D eigenvalue weighted by Gasteiger charge is -2.14. The van der Waals surface area contributed by atoms with Crippen LogP contribution in [0.2, 0.25) is 0 Å². The Morgan fingerprint density at radius 3 is 2.69 bits per heavy atom. The number of aryl methyl sites for hydroxylation is 2. The van der Waals surface area contributed by atoms with Gasteiger partial charge in [0.15, 0.2) is 5.78 Å². The Kier molecular flexibility index (Phi) is 3.10. The lowest BCUT2D eigenvalue weighted by molar-refractivity contribution is -0.114. The van der Waals surface area contributed by atoms with Gasteiger partial charge in [0.25, 0.3) is 0 Å². The van der Waals surface area contributed by atoms with Crippen molar-refractivity contribution >= 4 is 17.1 Å². The molecule has 16 heavy (non-hydrogen) atoms. The average molecular weight is 236 g/mol. The summed E-state index contributed by atoms with van der Waals surface area (Å²) in [6.07, 6.45) is 3.22. The summed E-state index contributed by atoms with van der Waals surface area (Å²) in [6, 6.07) is 0.239. The SMILES string of the molecule is Cc1nc(C)c(C(C)NC2=CC(=O)CC2)s1. The smallest absolute Gasteiger partial charge is 0.157 e. The number of nitrogens with zero attached hydrogens (tertiary/aromatic N) is 1. The molecule has 0 fully saturated rings. The minimum absolute atomic E-state index is 0.229. The quantitative estimate of drug-likeness (QED) is 0.877. The van der Waals surface area contributed by atoms with Crippen molar-refractivity contribution in [3.05, 3.63) is 27.4 Å². The molecule has 2 rings (SSSR count). The van der Waals surface area contributed by atoms with Gasteiger partial charge in [-0.2, -0.15) is 0 Å². The van der Waals surface area contributed by atoms with Gasteiger partial charge in [-0.05, 0) is 27.2 Å². The molecule has 3 nitrogen and oxygen atoms in total. The van der Waals surface area contributed by atoms with Crippen LogP contribution in [0.5, 0.6) is 0 Å². The Hall–Kier alpha value is -1.16. The first kappa shape index (κ1) is 11.3. The minimum atomic E-state index is 0.229. The third-order valence-corrected chi connectivity index (χ3v) is 3.97. The fourth-order valence-corrected chi connectivity index (χ4v) is 2.93. The topological polar surface area (TPSA) is 42.0 Å². The molecule has 0 bridgehead atoms. The number of hydrogen-bond donors (Lipinski definition) is 1. The molecule has 1 aliphatic carbocycles. The summed E-state index contributed by atoms with van der Waals surface area (Å²) in [6.45, 7) is 6.17. The molecule has 1 heterocycles. The predicted molar refractivity (Wildman–Crippen MR) is 65.5 cm³/mol. The summed E-state index contributed by atoms with van der Waals surface area (Å²) in [5, 5.41) is 4.49. The highest BCUT2D eigenvalue weighted by Gasteiger charge is 2.17. The van der Waals surface area contributed by atoms with Crippen LogP contribution in [-0.2, 0) is 4.79 Å². The number of allylic oxidation sites excluding steroid dienone is 2. The van der Waals surface area contributed by atoms with Gasteiger partial charge in [-0.25, -0.2) is 4.98 Å². The summed E-state index contributed by atoms with van der Waals surface area (Å²) in [5.41, 5.74) is 2.15. The van der Waals surface area contributed by atoms with E-state index in [9.17, 15) is 4.79 Å². The van der Waals surface area contributed by atoms with E-state index in [4.69, 9.17) is 0 Å². The lowest BCUT2D eigenvalue weighted by atomic mass is 10.2. The van der Waals surface area contributed by atoms with Crippen molar-refractivity contribution in [1.29, 1.82) is 0 Å². The highest BCUT2D eigenvalue weighted by atomic mass is 32.1. The molecular formula is C12H16N2OS. The van der Waals surface area contributed by atoms with Crippen LogP contribution in [0.4, 0.5) is 0 Å². The van der Waals surface area contributed by atoms with Gasteiger partial charge in [-0.1, -0.05) is 0 Å². The molecule has 1 aromatic rings. The van der Waals surface area contributed by atoms with Gasteiger partial charge in [0, 0.05) is 23.1 Å². The maximum absolute atomic E-state index is 11.1. The average Bonchev–Trinajstić information content (AvgIpc) is 2.73. The lowest BCUT2D eigenvalue weighted by Crippen LogP contribution is -2.16. The molecule has 1 N–H and O–H groups in total. The summed E-state index contributed by atoms with van der Waals surface area (Å²) < 4.78 is 0. The molecule has 0 spiro atoms. The van der Waals surface area contributed by atoms with E-state index in [2.05, 4.69) is 17.2 Å². The van der Waals surface area contributed by atoms with Crippen LogP contribution >= 0.6 is 11.3 Å². The third kappa shape index (κ3) is 2.32. The van der Waals surface area contributed by atoms with E-state index in [1.165, 1.54) is 4.88 Å². The molecular weight excluding hydrogens is 220 g/mol. The fraction of sp³-hybridized carbons (Fsp3) is 0.500. The van der Waals surface area contributed by atoms with Gasteiger partial charge in [-0.15, -0.1) is 11.3 Å². The Labute approximate surface area is 99.6 Å². The monoisotopic (exact) mass is 236 g/mol. The van der Waals surface area contributed by atoms with Crippen LogP contribution in [0.15, 0.2) is 11.8 Å². The van der Waals surface area contributed by atoms with E-state index >= 15 is 0 Å². The van der Waals surface area contributed by atoms with Crippen LogP contribution < -0.4 is 5.32 Å². The third-order valence-electron chi connectivity index (χ3n) is 2.71. The predicted octanol–water partition coefficient (Wildman–Crippen LogP) is 2.66. The van der Waals surface area contributed by atoms with E-state index < -0.39 is 0 Å². The number of thiazole rings is 1. The maximum Gasteiger partial charge on any atom is 0.157 e. The van der Waals surface area contributed by atoms with Crippen molar-refractivity contribution in [3.63, 3.8) is 0 Å². The Bertz CT molecular complexity index is 448. The van der Waals surface area contributed by atoms with Gasteiger partial charge in [0.2, 0.25) is 0 Å². The summed E-state index contributed by atoms with van der Waals surface area (Å²) >= 11 is 1.72. The Morgan fingerprint density at radius 1 is 1.44 bits per heavy atom. The van der Waals surface area contributed by atoms with E-state index in [0.29, 0.717) is 6.42 Å². The van der Waals surface area contributed by atoms with E-state index in [1.54, 1.807) is 17.4 Å². The summed E-state index contributed by atoms with van der Waals surface area (Å²) in [5.74, 6) is 0.229. The van der Waals surface area contributed by atoms with Crippen molar-refractivity contribution in [2.24, 2.45) is 0 Å². The van der Waals surface area contributed by atoms with E-state index in [0.717, 1.165) is 22.8 Å². The molecule has 0 amide bonds. The first-order valence-corrected chi connectivity index (χ1v) is 6.32. The normalized spacial score (nSPS) is 17.4. The van der Waals surface area contributed by atoms with Gasteiger partial charge in [-0.3, -0.25) is 4.79 Å². The molecule has 4 heteroatoms. The zero-order valence-corrected chi connectivity index (χ0v) is 10.6. The maximum atomic E-state index is 11.1. The molecule has 0 radical (unpaired) electrons. The highest BCUT2D eigenvalue weighted by molar-refractivity contribution is 7.11. The number of hydrogen-bond acceptors (Lipinski definition) is 4. The van der Waals surface area contributed by atoms with Gasteiger partial charge < -0.3 is 5.32 Å². The molecule has 0 aliphatic heterocycles. The van der Waals surface area contributed by atoms with Gasteiger partial charge in [0.05, 0.1) is 16.7 Å². The summed E-state index contributed by atoms with van der Waals surface area (Å²) in [4.78, 5) is 16.8. The number of carbonyl (C=O) groups is 1. The Morgan fingerprint density at radius 2 is 2.19 bits per heavy atom. The fourth-order valence-electron chi connectivity index (χ4n) is 2.00. The number of carbonyl (C=O) groups excluding carboxylic acids is 1. The van der Waals surface area contributed by atoms with Crippen molar-refractivity contribution in [2.45, 2.75) is 39.7 Å². The van der Waals surface area contributed by atoms with Crippen molar-refractivity contribution in [3.8, 4) is 0 Å². The number of aromatic nitrogens is 1. The molecule has 1 atom stereocenters. The Balaban J connectivity index is 2.08. The molecule has 86 valence electrons. The van der Waals surface area contributed by atoms with Gasteiger partial charge >= 0.3 is 0 Å². The van der Waals surface area contributed by atoms with Crippen LogP contribution in [0, 0.1) is 13.8 Å². The largest absolute Gasteiger partial charge is 0.381 e. The van der Waals surface area contributed by atoms with E-state index in [-0.39, 0.29) is 11.8 Å². The van der Waals surface area contributed by atoms with Crippen LogP contribution in [0.25, 0.3) is 0 Å². The first-order valence-electron chi connectivity index (χ1n) is 5.50. The van der Waals surface area contributed by atoms with Crippen molar-refractivity contribution in [2.75, 3.05) is 0 Å². The first-order chi connectivity index (χ1) is 7.56. The van der Waals surface area contributed by atoms with Crippen LogP contribution in [0.3, 0.4) is 0 Å². The van der Waals surface area contributed by atoms with Crippen molar-refractivity contribution < 1.29 is 4.79 Å². The second-order valence-corrected chi connectivity index (χ2v) is 5.42. The number of nitrogens with one attached hydrogen (secondary N) is 1. The second kappa shape index (κ2) is 4.37. The molecule has 0 aromatic carbocycles. The van der Waals surface area contributed by atoms with Gasteiger partial charge in [0.1, 0.15) is 0 Å². The highest BCUT2D eigenvalue weighted by Crippen LogP contribution is 2.26. The molecule has 1 aliphatic rings. The number of rotatable bonds is 3. The van der Waals surface area contributed by atoms with Crippen LogP contribution in [-0.4, -0.2) is 10.8 Å². The minimum Gasteiger partial charge on any atom is -0.381 e.